The zero-order chi connectivity index (χ0) is 23.3. The molecule has 3 aliphatic heterocycles. The molecule has 0 unspecified atom stereocenters. The van der Waals surface area contributed by atoms with Crippen LogP contribution in [-0.2, 0) is 13.0 Å². The molecule has 6 rings (SSSR count). The van der Waals surface area contributed by atoms with Gasteiger partial charge in [-0.15, -0.1) is 0 Å². The van der Waals surface area contributed by atoms with Crippen LogP contribution in [0.25, 0.3) is 0 Å². The number of rotatable bonds is 9. The summed E-state index contributed by atoms with van der Waals surface area (Å²) in [6, 6.07) is 29.9. The lowest BCUT2D eigenvalue weighted by Gasteiger charge is -2.54. The van der Waals surface area contributed by atoms with Crippen molar-refractivity contribution in [3.05, 3.63) is 101 Å². The average Bonchev–Trinajstić information content (AvgIpc) is 2.90. The van der Waals surface area contributed by atoms with Crippen molar-refractivity contribution in [3.63, 3.8) is 0 Å². The fourth-order valence-corrected chi connectivity index (χ4v) is 6.34. The number of nitrogens with zero attached hydrogens (tertiary/aromatic N) is 1. The minimum atomic E-state index is 0.358. The first kappa shape index (κ1) is 23.1. The molecule has 2 bridgehead atoms. The SMILES string of the molecule is CCCc1ccc(OC)c(CN[C@H]2C3CCN(CC3)[C@H]2C(c2ccccc2)c2ccccc2)c1. The summed E-state index contributed by atoms with van der Waals surface area (Å²) in [7, 11) is 1.79. The third kappa shape index (κ3) is 4.78. The highest BCUT2D eigenvalue weighted by Crippen LogP contribution is 2.42. The van der Waals surface area contributed by atoms with Crippen LogP contribution in [0.2, 0.25) is 0 Å². The molecule has 2 atom stereocenters. The number of piperidine rings is 3. The lowest BCUT2D eigenvalue weighted by Crippen LogP contribution is -2.64. The summed E-state index contributed by atoms with van der Waals surface area (Å²) in [4.78, 5) is 2.76. The van der Waals surface area contributed by atoms with Gasteiger partial charge in [0.05, 0.1) is 7.11 Å². The summed E-state index contributed by atoms with van der Waals surface area (Å²) in [5, 5.41) is 4.06. The molecule has 3 nitrogen and oxygen atoms in total. The molecule has 34 heavy (non-hydrogen) atoms. The third-order valence-corrected chi connectivity index (χ3v) is 7.94. The van der Waals surface area contributed by atoms with Crippen LogP contribution in [0.5, 0.6) is 5.75 Å². The van der Waals surface area contributed by atoms with E-state index < -0.39 is 0 Å². The van der Waals surface area contributed by atoms with Crippen LogP contribution in [0.4, 0.5) is 0 Å². The second kappa shape index (κ2) is 10.8. The normalized spacial score (nSPS) is 23.9. The Balaban J connectivity index is 1.47. The van der Waals surface area contributed by atoms with Crippen LogP contribution >= 0.6 is 0 Å². The number of fused-ring (bicyclic) bond motifs is 3. The summed E-state index contributed by atoms with van der Waals surface area (Å²) in [5.74, 6) is 2.07. The van der Waals surface area contributed by atoms with E-state index in [1.165, 1.54) is 48.2 Å². The second-order valence-electron chi connectivity index (χ2n) is 9.97. The van der Waals surface area contributed by atoms with Gasteiger partial charge in [-0.1, -0.05) is 86.1 Å². The van der Waals surface area contributed by atoms with E-state index in [2.05, 4.69) is 96.0 Å². The number of aryl methyl sites for hydroxylation is 1. The van der Waals surface area contributed by atoms with Crippen LogP contribution < -0.4 is 10.1 Å². The van der Waals surface area contributed by atoms with E-state index >= 15 is 0 Å². The van der Waals surface area contributed by atoms with E-state index in [1.807, 2.05) is 0 Å². The second-order valence-corrected chi connectivity index (χ2v) is 9.97. The Labute approximate surface area is 205 Å². The van der Waals surface area contributed by atoms with E-state index in [1.54, 1.807) is 7.11 Å². The highest BCUT2D eigenvalue weighted by molar-refractivity contribution is 5.38. The van der Waals surface area contributed by atoms with Gasteiger partial charge in [0.25, 0.3) is 0 Å². The molecule has 0 amide bonds. The van der Waals surface area contributed by atoms with Gasteiger partial charge >= 0.3 is 0 Å². The number of ether oxygens (including phenoxy) is 1. The Morgan fingerprint density at radius 3 is 2.15 bits per heavy atom. The number of methoxy groups -OCH3 is 1. The number of nitrogens with one attached hydrogen (secondary N) is 1. The van der Waals surface area contributed by atoms with E-state index in [4.69, 9.17) is 4.74 Å². The first-order chi connectivity index (χ1) is 16.8. The molecule has 3 fully saturated rings. The number of hydrogen-bond acceptors (Lipinski definition) is 3. The Hall–Kier alpha value is -2.62. The summed E-state index contributed by atoms with van der Waals surface area (Å²) in [5.41, 5.74) is 5.51. The van der Waals surface area contributed by atoms with Gasteiger partial charge in [0, 0.05) is 30.1 Å². The molecule has 3 aliphatic rings. The minimum Gasteiger partial charge on any atom is -0.496 e. The van der Waals surface area contributed by atoms with E-state index in [-0.39, 0.29) is 0 Å². The fourth-order valence-electron chi connectivity index (χ4n) is 6.34. The maximum Gasteiger partial charge on any atom is 0.123 e. The predicted octanol–water partition coefficient (Wildman–Crippen LogP) is 6.03. The van der Waals surface area contributed by atoms with E-state index in [9.17, 15) is 0 Å². The summed E-state index contributed by atoms with van der Waals surface area (Å²) >= 11 is 0. The molecule has 1 N–H and O–H groups in total. The van der Waals surface area contributed by atoms with Gasteiger partial charge in [-0.3, -0.25) is 4.90 Å². The fraction of sp³-hybridized carbons (Fsp3) is 0.419. The first-order valence-electron chi connectivity index (χ1n) is 13.0. The molecule has 3 heteroatoms. The zero-order valence-corrected chi connectivity index (χ0v) is 20.6. The van der Waals surface area contributed by atoms with Gasteiger partial charge in [-0.2, -0.15) is 0 Å². The summed E-state index contributed by atoms with van der Waals surface area (Å²) in [6.07, 6.45) is 4.86. The van der Waals surface area contributed by atoms with Crippen molar-refractivity contribution in [2.24, 2.45) is 5.92 Å². The van der Waals surface area contributed by atoms with Crippen molar-refractivity contribution in [2.75, 3.05) is 20.2 Å². The quantitative estimate of drug-likeness (QED) is 0.427. The van der Waals surface area contributed by atoms with E-state index in [0.29, 0.717) is 18.0 Å². The number of benzene rings is 3. The van der Waals surface area contributed by atoms with Gasteiger partial charge in [0.2, 0.25) is 0 Å². The smallest absolute Gasteiger partial charge is 0.123 e. The largest absolute Gasteiger partial charge is 0.496 e. The van der Waals surface area contributed by atoms with Gasteiger partial charge in [-0.25, -0.2) is 0 Å². The highest BCUT2D eigenvalue weighted by atomic mass is 16.5. The van der Waals surface area contributed by atoms with Crippen LogP contribution in [0.3, 0.4) is 0 Å². The minimum absolute atomic E-state index is 0.358. The summed E-state index contributed by atoms with van der Waals surface area (Å²) < 4.78 is 5.74. The monoisotopic (exact) mass is 454 g/mol. The van der Waals surface area contributed by atoms with Crippen molar-refractivity contribution in [2.45, 2.75) is 57.2 Å². The molecule has 0 spiro atoms. The Morgan fingerprint density at radius 2 is 1.56 bits per heavy atom. The van der Waals surface area contributed by atoms with Gasteiger partial charge in [0.1, 0.15) is 5.75 Å². The summed E-state index contributed by atoms with van der Waals surface area (Å²) in [6.45, 7) is 5.51. The third-order valence-electron chi connectivity index (χ3n) is 7.94. The van der Waals surface area contributed by atoms with Crippen LogP contribution in [-0.4, -0.2) is 37.2 Å². The Bertz CT molecular complexity index is 1000. The average molecular weight is 455 g/mol. The van der Waals surface area contributed by atoms with Crippen molar-refractivity contribution < 1.29 is 4.74 Å². The van der Waals surface area contributed by atoms with Crippen molar-refractivity contribution in [1.82, 2.24) is 10.2 Å². The maximum atomic E-state index is 5.74. The van der Waals surface area contributed by atoms with Gasteiger partial charge in [-0.05, 0) is 61.0 Å². The van der Waals surface area contributed by atoms with Crippen molar-refractivity contribution in [1.29, 1.82) is 0 Å². The standard InChI is InChI=1S/C31H38N2O/c1-3-10-23-15-16-28(34-2)27(21-23)22-32-30-26-17-19-33(20-18-26)31(30)29(24-11-6-4-7-12-24)25-13-8-5-9-14-25/h4-9,11-16,21,26,29-32H,3,10,17-20,22H2,1-2H3/t30-,31-/m0/s1. The Kier molecular flexibility index (Phi) is 7.32. The van der Waals surface area contributed by atoms with Crippen LogP contribution in [0, 0.1) is 5.92 Å². The van der Waals surface area contributed by atoms with Crippen LogP contribution in [0.15, 0.2) is 78.9 Å². The molecule has 0 aromatic heterocycles. The van der Waals surface area contributed by atoms with Crippen molar-refractivity contribution >= 4 is 0 Å². The predicted molar refractivity (Wildman–Crippen MR) is 140 cm³/mol. The zero-order valence-electron chi connectivity index (χ0n) is 20.6. The molecular formula is C31H38N2O. The molecule has 3 heterocycles. The molecule has 3 saturated heterocycles. The molecule has 3 aromatic carbocycles. The van der Waals surface area contributed by atoms with Crippen molar-refractivity contribution in [3.8, 4) is 5.75 Å². The highest BCUT2D eigenvalue weighted by Gasteiger charge is 2.46. The molecule has 0 aliphatic carbocycles. The maximum absolute atomic E-state index is 5.74. The topological polar surface area (TPSA) is 24.5 Å². The number of hydrogen-bond donors (Lipinski definition) is 1. The molecular weight excluding hydrogens is 416 g/mol. The molecule has 178 valence electrons. The van der Waals surface area contributed by atoms with Gasteiger partial charge < -0.3 is 10.1 Å². The lowest BCUT2D eigenvalue weighted by molar-refractivity contribution is 0.00462. The van der Waals surface area contributed by atoms with E-state index in [0.717, 1.165) is 31.1 Å². The molecule has 3 aromatic rings. The molecule has 0 radical (unpaired) electrons. The van der Waals surface area contributed by atoms with Crippen LogP contribution in [0.1, 0.15) is 54.4 Å². The molecule has 0 saturated carbocycles. The van der Waals surface area contributed by atoms with Gasteiger partial charge in [0.15, 0.2) is 0 Å². The Morgan fingerprint density at radius 1 is 0.912 bits per heavy atom. The first-order valence-corrected chi connectivity index (χ1v) is 13.0. The lowest BCUT2D eigenvalue weighted by atomic mass is 9.70.